The number of non-ortho nitro benzene ring substituents is 1. The summed E-state index contributed by atoms with van der Waals surface area (Å²) in [6.07, 6.45) is 2.79. The summed E-state index contributed by atoms with van der Waals surface area (Å²) in [5.74, 6) is -0.541. The van der Waals surface area contributed by atoms with E-state index in [0.29, 0.717) is 16.9 Å². The molecule has 2 aromatic rings. The maximum absolute atomic E-state index is 11.9. The molecule has 2 N–H and O–H groups in total. The molecule has 24 heavy (non-hydrogen) atoms. The van der Waals surface area contributed by atoms with E-state index in [1.54, 1.807) is 36.4 Å². The third-order valence-corrected chi connectivity index (χ3v) is 2.98. The van der Waals surface area contributed by atoms with Crippen molar-refractivity contribution < 1.29 is 14.5 Å². The molecule has 7 heteroatoms. The van der Waals surface area contributed by atoms with E-state index in [1.807, 2.05) is 0 Å². The van der Waals surface area contributed by atoms with Crippen LogP contribution in [0.2, 0.25) is 0 Å². The SMILES string of the molecule is CC(=O)Nc1ccc(NC(=O)C=Cc2cccc([N+](=O)[O-])c2)cc1. The van der Waals surface area contributed by atoms with E-state index in [1.165, 1.54) is 31.2 Å². The number of amides is 2. The van der Waals surface area contributed by atoms with Crippen molar-refractivity contribution in [3.05, 3.63) is 70.3 Å². The first-order valence-electron chi connectivity index (χ1n) is 7.05. The van der Waals surface area contributed by atoms with Gasteiger partial charge in [-0.05, 0) is 35.9 Å². The fourth-order valence-electron chi connectivity index (χ4n) is 1.94. The zero-order valence-electron chi connectivity index (χ0n) is 12.9. The van der Waals surface area contributed by atoms with Crippen LogP contribution in [0.4, 0.5) is 17.1 Å². The summed E-state index contributed by atoms with van der Waals surface area (Å²) in [5.41, 5.74) is 1.72. The average molecular weight is 325 g/mol. The summed E-state index contributed by atoms with van der Waals surface area (Å²) in [4.78, 5) is 33.0. The number of nitro benzene ring substituents is 1. The summed E-state index contributed by atoms with van der Waals surface area (Å²) >= 11 is 0. The molecule has 2 amide bonds. The van der Waals surface area contributed by atoms with E-state index in [-0.39, 0.29) is 17.5 Å². The summed E-state index contributed by atoms with van der Waals surface area (Å²) in [6.45, 7) is 1.41. The highest BCUT2D eigenvalue weighted by Crippen LogP contribution is 2.15. The van der Waals surface area contributed by atoms with Crippen LogP contribution in [-0.4, -0.2) is 16.7 Å². The van der Waals surface area contributed by atoms with Crippen molar-refractivity contribution in [3.8, 4) is 0 Å². The minimum absolute atomic E-state index is 0.0360. The highest BCUT2D eigenvalue weighted by atomic mass is 16.6. The van der Waals surface area contributed by atoms with Gasteiger partial charge in [-0.2, -0.15) is 0 Å². The molecule has 0 radical (unpaired) electrons. The highest BCUT2D eigenvalue weighted by Gasteiger charge is 2.04. The van der Waals surface area contributed by atoms with Crippen LogP contribution in [0.3, 0.4) is 0 Å². The maximum atomic E-state index is 11.9. The van der Waals surface area contributed by atoms with Gasteiger partial charge in [0.2, 0.25) is 11.8 Å². The minimum Gasteiger partial charge on any atom is -0.326 e. The first kappa shape index (κ1) is 16.9. The Labute approximate surface area is 138 Å². The minimum atomic E-state index is -0.492. The lowest BCUT2D eigenvalue weighted by molar-refractivity contribution is -0.384. The van der Waals surface area contributed by atoms with Gasteiger partial charge < -0.3 is 10.6 Å². The topological polar surface area (TPSA) is 101 Å². The van der Waals surface area contributed by atoms with E-state index in [4.69, 9.17) is 0 Å². The Balaban J connectivity index is 1.98. The van der Waals surface area contributed by atoms with Crippen molar-refractivity contribution in [3.63, 3.8) is 0 Å². The van der Waals surface area contributed by atoms with Gasteiger partial charge in [-0.25, -0.2) is 0 Å². The van der Waals surface area contributed by atoms with Gasteiger partial charge in [-0.15, -0.1) is 0 Å². The molecule has 0 aliphatic rings. The Morgan fingerprint density at radius 2 is 1.67 bits per heavy atom. The van der Waals surface area contributed by atoms with Crippen LogP contribution in [0.25, 0.3) is 6.08 Å². The van der Waals surface area contributed by atoms with Gasteiger partial charge in [-0.1, -0.05) is 12.1 Å². The van der Waals surface area contributed by atoms with Crippen LogP contribution in [0.5, 0.6) is 0 Å². The van der Waals surface area contributed by atoms with Gasteiger partial charge in [0.25, 0.3) is 5.69 Å². The number of hydrogen-bond acceptors (Lipinski definition) is 4. The van der Waals surface area contributed by atoms with Gasteiger partial charge in [0, 0.05) is 36.5 Å². The average Bonchev–Trinajstić information content (AvgIpc) is 2.54. The number of anilines is 2. The van der Waals surface area contributed by atoms with Gasteiger partial charge in [0.15, 0.2) is 0 Å². The molecule has 2 rings (SSSR count). The van der Waals surface area contributed by atoms with E-state index in [0.717, 1.165) is 0 Å². The highest BCUT2D eigenvalue weighted by molar-refractivity contribution is 6.02. The molecule has 0 aliphatic carbocycles. The standard InChI is InChI=1S/C17H15N3O4/c1-12(21)18-14-6-8-15(9-7-14)19-17(22)10-5-13-3-2-4-16(11-13)20(23)24/h2-11H,1H3,(H,18,21)(H,19,22). The predicted octanol–water partition coefficient (Wildman–Crippen LogP) is 3.21. The van der Waals surface area contributed by atoms with Crippen molar-refractivity contribution in [2.75, 3.05) is 10.6 Å². The summed E-state index contributed by atoms with van der Waals surface area (Å²) in [5, 5.41) is 16.0. The molecule has 122 valence electrons. The van der Waals surface area contributed by atoms with Crippen LogP contribution < -0.4 is 10.6 Å². The van der Waals surface area contributed by atoms with Crippen molar-refractivity contribution in [1.29, 1.82) is 0 Å². The second-order valence-corrected chi connectivity index (χ2v) is 4.93. The number of carbonyl (C=O) groups excluding carboxylic acids is 2. The quantitative estimate of drug-likeness (QED) is 0.500. The Bertz CT molecular complexity index is 798. The van der Waals surface area contributed by atoms with Crippen LogP contribution in [0, 0.1) is 10.1 Å². The molecule has 0 saturated carbocycles. The molecular weight excluding hydrogens is 310 g/mol. The van der Waals surface area contributed by atoms with E-state index in [2.05, 4.69) is 10.6 Å². The Morgan fingerprint density at radius 1 is 1.04 bits per heavy atom. The molecule has 0 fully saturated rings. The van der Waals surface area contributed by atoms with E-state index >= 15 is 0 Å². The largest absolute Gasteiger partial charge is 0.326 e. The van der Waals surface area contributed by atoms with E-state index < -0.39 is 4.92 Å². The molecule has 0 heterocycles. The molecule has 0 aliphatic heterocycles. The van der Waals surface area contributed by atoms with Crippen LogP contribution in [-0.2, 0) is 9.59 Å². The maximum Gasteiger partial charge on any atom is 0.270 e. The smallest absolute Gasteiger partial charge is 0.270 e. The second-order valence-electron chi connectivity index (χ2n) is 4.93. The first-order chi connectivity index (χ1) is 11.4. The zero-order valence-corrected chi connectivity index (χ0v) is 12.9. The molecule has 0 saturated heterocycles. The number of carbonyl (C=O) groups is 2. The third kappa shape index (κ3) is 5.06. The lowest BCUT2D eigenvalue weighted by Crippen LogP contribution is -2.08. The molecule has 0 unspecified atom stereocenters. The summed E-state index contributed by atoms with van der Waals surface area (Å²) in [6, 6.07) is 12.6. The summed E-state index contributed by atoms with van der Waals surface area (Å²) in [7, 11) is 0. The Kier molecular flexibility index (Phi) is 5.40. The van der Waals surface area contributed by atoms with Gasteiger partial charge in [0.05, 0.1) is 4.92 Å². The zero-order chi connectivity index (χ0) is 17.5. The molecule has 2 aromatic carbocycles. The number of nitro groups is 1. The Morgan fingerprint density at radius 3 is 2.25 bits per heavy atom. The number of nitrogens with one attached hydrogen (secondary N) is 2. The number of benzene rings is 2. The molecule has 0 bridgehead atoms. The van der Waals surface area contributed by atoms with Crippen molar-refractivity contribution in [2.45, 2.75) is 6.92 Å². The van der Waals surface area contributed by atoms with Crippen molar-refractivity contribution in [1.82, 2.24) is 0 Å². The summed E-state index contributed by atoms with van der Waals surface area (Å²) < 4.78 is 0. The molecular formula is C17H15N3O4. The lowest BCUT2D eigenvalue weighted by atomic mass is 10.2. The second kappa shape index (κ2) is 7.68. The number of rotatable bonds is 5. The molecule has 0 atom stereocenters. The van der Waals surface area contributed by atoms with Crippen molar-refractivity contribution >= 4 is 35.0 Å². The molecule has 7 nitrogen and oxygen atoms in total. The van der Waals surface area contributed by atoms with Crippen molar-refractivity contribution in [2.24, 2.45) is 0 Å². The van der Waals surface area contributed by atoms with Gasteiger partial charge in [-0.3, -0.25) is 19.7 Å². The van der Waals surface area contributed by atoms with Crippen LogP contribution >= 0.6 is 0 Å². The molecule has 0 spiro atoms. The molecule has 0 aromatic heterocycles. The van der Waals surface area contributed by atoms with Gasteiger partial charge in [0.1, 0.15) is 0 Å². The van der Waals surface area contributed by atoms with Crippen LogP contribution in [0.15, 0.2) is 54.6 Å². The predicted molar refractivity (Wildman–Crippen MR) is 91.5 cm³/mol. The lowest BCUT2D eigenvalue weighted by Gasteiger charge is -2.05. The number of nitrogens with zero attached hydrogens (tertiary/aromatic N) is 1. The van der Waals surface area contributed by atoms with E-state index in [9.17, 15) is 19.7 Å². The van der Waals surface area contributed by atoms with Crippen LogP contribution in [0.1, 0.15) is 12.5 Å². The first-order valence-corrected chi connectivity index (χ1v) is 7.05. The number of hydrogen-bond donors (Lipinski definition) is 2. The monoisotopic (exact) mass is 325 g/mol. The normalized spacial score (nSPS) is 10.4. The Hall–Kier alpha value is -3.48. The third-order valence-electron chi connectivity index (χ3n) is 2.98. The fraction of sp³-hybridized carbons (Fsp3) is 0.0588. The fourth-order valence-corrected chi connectivity index (χ4v) is 1.94. The van der Waals surface area contributed by atoms with Gasteiger partial charge >= 0.3 is 0 Å².